The number of piperazine rings is 1. The van der Waals surface area contributed by atoms with Gasteiger partial charge >= 0.3 is 0 Å². The Morgan fingerprint density at radius 2 is 2.19 bits per heavy atom. The molecule has 1 N–H and O–H groups in total. The molecule has 3 nitrogen and oxygen atoms in total. The second kappa shape index (κ2) is 6.45. The van der Waals surface area contributed by atoms with Gasteiger partial charge in [-0.05, 0) is 49.7 Å². The molecule has 2 unspecified atom stereocenters. The highest BCUT2D eigenvalue weighted by Crippen LogP contribution is 2.35. The zero-order valence-corrected chi connectivity index (χ0v) is 13.7. The summed E-state index contributed by atoms with van der Waals surface area (Å²) >= 11 is 0. The Hall–Kier alpha value is -0.930. The van der Waals surface area contributed by atoms with Gasteiger partial charge in [-0.15, -0.1) is 0 Å². The normalized spacial score (nSPS) is 27.2. The molecule has 0 amide bonds. The maximum Gasteiger partial charge on any atom is 0.0573 e. The lowest BCUT2D eigenvalue weighted by Crippen LogP contribution is -2.57. The molecule has 116 valence electrons. The van der Waals surface area contributed by atoms with E-state index in [1.165, 1.54) is 37.1 Å². The van der Waals surface area contributed by atoms with Crippen LogP contribution in [0.3, 0.4) is 0 Å². The van der Waals surface area contributed by atoms with Gasteiger partial charge in [-0.3, -0.25) is 9.88 Å². The summed E-state index contributed by atoms with van der Waals surface area (Å²) in [6, 6.07) is 5.58. The third-order valence-electron chi connectivity index (χ3n) is 4.97. The van der Waals surface area contributed by atoms with Crippen molar-refractivity contribution in [2.45, 2.75) is 58.7 Å². The van der Waals surface area contributed by atoms with Crippen molar-refractivity contribution in [3.63, 3.8) is 0 Å². The number of aryl methyl sites for hydroxylation is 1. The van der Waals surface area contributed by atoms with Crippen LogP contribution in [0.15, 0.2) is 18.3 Å². The molecular formula is C18H29N3. The first-order valence-electron chi connectivity index (χ1n) is 8.51. The summed E-state index contributed by atoms with van der Waals surface area (Å²) < 4.78 is 0. The monoisotopic (exact) mass is 287 g/mol. The van der Waals surface area contributed by atoms with Gasteiger partial charge in [-0.2, -0.15) is 0 Å². The number of aromatic nitrogens is 1. The molecule has 0 bridgehead atoms. The Bertz CT molecular complexity index is 467. The van der Waals surface area contributed by atoms with Gasteiger partial charge in [0.05, 0.1) is 5.69 Å². The molecule has 3 heteroatoms. The fraction of sp³-hybridized carbons (Fsp3) is 0.722. The first-order chi connectivity index (χ1) is 10.1. The predicted molar refractivity (Wildman–Crippen MR) is 87.1 cm³/mol. The second-order valence-corrected chi connectivity index (χ2v) is 7.33. The maximum absolute atomic E-state index is 4.61. The van der Waals surface area contributed by atoms with Gasteiger partial charge in [0.2, 0.25) is 0 Å². The fourth-order valence-corrected chi connectivity index (χ4v) is 3.54. The summed E-state index contributed by atoms with van der Waals surface area (Å²) in [5.74, 6) is 1.68. The van der Waals surface area contributed by atoms with Gasteiger partial charge in [-0.25, -0.2) is 0 Å². The lowest BCUT2D eigenvalue weighted by atomic mass is 9.97. The molecule has 0 radical (unpaired) electrons. The van der Waals surface area contributed by atoms with Crippen molar-refractivity contribution < 1.29 is 0 Å². The van der Waals surface area contributed by atoms with Crippen LogP contribution in [-0.4, -0.2) is 35.1 Å². The molecule has 2 aliphatic rings. The summed E-state index contributed by atoms with van der Waals surface area (Å²) in [5, 5.41) is 3.80. The van der Waals surface area contributed by atoms with Gasteiger partial charge in [0.1, 0.15) is 0 Å². The van der Waals surface area contributed by atoms with Crippen molar-refractivity contribution in [3.05, 3.63) is 29.6 Å². The molecule has 21 heavy (non-hydrogen) atoms. The predicted octanol–water partition coefficient (Wildman–Crippen LogP) is 2.99. The van der Waals surface area contributed by atoms with E-state index in [-0.39, 0.29) is 0 Å². The standard InChI is InChI=1S/C18H29N3/c1-13(2)9-16-10-20-18(15-6-7-15)12-21(16)11-17-14(3)5-4-8-19-17/h4-5,8,13,15-16,18,20H,6-7,9-12H2,1-3H3. The molecule has 1 aliphatic carbocycles. The molecule has 2 fully saturated rings. The third-order valence-corrected chi connectivity index (χ3v) is 4.97. The van der Waals surface area contributed by atoms with Crippen LogP contribution in [0, 0.1) is 18.8 Å². The van der Waals surface area contributed by atoms with Gasteiger partial charge in [0, 0.05) is 37.9 Å². The topological polar surface area (TPSA) is 28.2 Å². The fourth-order valence-electron chi connectivity index (χ4n) is 3.54. The Morgan fingerprint density at radius 1 is 1.38 bits per heavy atom. The number of rotatable bonds is 5. The van der Waals surface area contributed by atoms with Gasteiger partial charge in [0.25, 0.3) is 0 Å². The number of pyridine rings is 1. The van der Waals surface area contributed by atoms with Crippen LogP contribution >= 0.6 is 0 Å². The SMILES string of the molecule is Cc1cccnc1CN1CC(C2CC2)NCC1CC(C)C. The van der Waals surface area contributed by atoms with Crippen molar-refractivity contribution in [2.24, 2.45) is 11.8 Å². The van der Waals surface area contributed by atoms with Crippen molar-refractivity contribution in [1.29, 1.82) is 0 Å². The van der Waals surface area contributed by atoms with E-state index < -0.39 is 0 Å². The Morgan fingerprint density at radius 3 is 2.86 bits per heavy atom. The maximum atomic E-state index is 4.61. The van der Waals surface area contributed by atoms with Crippen LogP contribution in [0.25, 0.3) is 0 Å². The molecular weight excluding hydrogens is 258 g/mol. The average molecular weight is 287 g/mol. The minimum atomic E-state index is 0.654. The molecule has 3 rings (SSSR count). The van der Waals surface area contributed by atoms with E-state index in [1.807, 2.05) is 12.3 Å². The summed E-state index contributed by atoms with van der Waals surface area (Å²) in [6.45, 7) is 10.2. The summed E-state index contributed by atoms with van der Waals surface area (Å²) in [5.41, 5.74) is 2.57. The summed E-state index contributed by atoms with van der Waals surface area (Å²) in [6.07, 6.45) is 6.04. The zero-order chi connectivity index (χ0) is 14.8. The minimum Gasteiger partial charge on any atom is -0.311 e. The molecule has 1 saturated carbocycles. The zero-order valence-electron chi connectivity index (χ0n) is 13.7. The van der Waals surface area contributed by atoms with Crippen LogP contribution in [0.2, 0.25) is 0 Å². The van der Waals surface area contributed by atoms with Crippen LogP contribution in [0.4, 0.5) is 0 Å². The number of hydrogen-bond acceptors (Lipinski definition) is 3. The van der Waals surface area contributed by atoms with Crippen molar-refractivity contribution in [3.8, 4) is 0 Å². The number of nitrogens with zero attached hydrogens (tertiary/aromatic N) is 2. The largest absolute Gasteiger partial charge is 0.311 e. The quantitative estimate of drug-likeness (QED) is 0.902. The summed E-state index contributed by atoms with van der Waals surface area (Å²) in [4.78, 5) is 7.30. The van der Waals surface area contributed by atoms with Crippen molar-refractivity contribution in [2.75, 3.05) is 13.1 Å². The highest BCUT2D eigenvalue weighted by molar-refractivity contribution is 5.17. The van der Waals surface area contributed by atoms with E-state index in [0.717, 1.165) is 24.9 Å². The van der Waals surface area contributed by atoms with Gasteiger partial charge < -0.3 is 5.32 Å². The second-order valence-electron chi connectivity index (χ2n) is 7.33. The van der Waals surface area contributed by atoms with Crippen molar-refractivity contribution >= 4 is 0 Å². The van der Waals surface area contributed by atoms with Crippen LogP contribution < -0.4 is 5.32 Å². The van der Waals surface area contributed by atoms with Gasteiger partial charge in [-0.1, -0.05) is 19.9 Å². The summed E-state index contributed by atoms with van der Waals surface area (Å²) in [7, 11) is 0. The lowest BCUT2D eigenvalue weighted by molar-refractivity contribution is 0.0984. The molecule has 1 aromatic rings. The van der Waals surface area contributed by atoms with Gasteiger partial charge in [0.15, 0.2) is 0 Å². The molecule has 1 aliphatic heterocycles. The molecule has 1 saturated heterocycles. The Kier molecular flexibility index (Phi) is 4.60. The highest BCUT2D eigenvalue weighted by atomic mass is 15.2. The van der Waals surface area contributed by atoms with E-state index in [1.54, 1.807) is 0 Å². The van der Waals surface area contributed by atoms with E-state index in [4.69, 9.17) is 0 Å². The number of hydrogen-bond donors (Lipinski definition) is 1. The molecule has 2 atom stereocenters. The Labute approximate surface area is 129 Å². The van der Waals surface area contributed by atoms with E-state index in [9.17, 15) is 0 Å². The van der Waals surface area contributed by atoms with E-state index >= 15 is 0 Å². The Balaban J connectivity index is 1.71. The third kappa shape index (κ3) is 3.83. The van der Waals surface area contributed by atoms with Crippen LogP contribution in [0.5, 0.6) is 0 Å². The minimum absolute atomic E-state index is 0.654. The smallest absolute Gasteiger partial charge is 0.0573 e. The molecule has 1 aromatic heterocycles. The van der Waals surface area contributed by atoms with Crippen molar-refractivity contribution in [1.82, 2.24) is 15.2 Å². The van der Waals surface area contributed by atoms with Crippen LogP contribution in [0.1, 0.15) is 44.4 Å². The van der Waals surface area contributed by atoms with E-state index in [2.05, 4.69) is 42.0 Å². The molecule has 0 aromatic carbocycles. The van der Waals surface area contributed by atoms with E-state index in [0.29, 0.717) is 12.1 Å². The van der Waals surface area contributed by atoms with Crippen LogP contribution in [-0.2, 0) is 6.54 Å². The molecule has 2 heterocycles. The highest BCUT2D eigenvalue weighted by Gasteiger charge is 2.37. The lowest BCUT2D eigenvalue weighted by Gasteiger charge is -2.41. The number of nitrogens with one attached hydrogen (secondary N) is 1. The average Bonchev–Trinajstić information content (AvgIpc) is 3.27. The first-order valence-corrected chi connectivity index (χ1v) is 8.51. The first kappa shape index (κ1) is 15.0. The molecule has 0 spiro atoms.